The molecule has 0 nitrogen and oxygen atoms in total. The molecule has 0 saturated heterocycles. The Labute approximate surface area is 83.4 Å². The van der Waals surface area contributed by atoms with E-state index in [1.165, 1.54) is 11.1 Å². The second kappa shape index (κ2) is 4.63. The summed E-state index contributed by atoms with van der Waals surface area (Å²) < 4.78 is 1.05. The molecule has 0 bridgehead atoms. The third-order valence-corrected chi connectivity index (χ3v) is 2.94. The Morgan fingerprint density at radius 1 is 1.33 bits per heavy atom. The van der Waals surface area contributed by atoms with Crippen LogP contribution in [0.1, 0.15) is 11.1 Å². The Bertz CT molecular complexity index is 262. The van der Waals surface area contributed by atoms with E-state index < -0.39 is 0 Å². The molecule has 1 rings (SSSR count). The quantitative estimate of drug-likeness (QED) is 0.666. The van der Waals surface area contributed by atoms with Crippen LogP contribution in [0.5, 0.6) is 0 Å². The summed E-state index contributed by atoms with van der Waals surface area (Å²) in [6, 6.07) is 8.52. The molecule has 0 aliphatic heterocycles. The summed E-state index contributed by atoms with van der Waals surface area (Å²) >= 11 is 6.79. The molecule has 0 fully saturated rings. The van der Waals surface area contributed by atoms with Crippen LogP contribution in [0.2, 0.25) is 0 Å². The van der Waals surface area contributed by atoms with Crippen molar-refractivity contribution in [1.29, 1.82) is 0 Å². The molecule has 0 aromatic heterocycles. The molecular formula is C10H12S2. The van der Waals surface area contributed by atoms with Gasteiger partial charge < -0.3 is 0 Å². The minimum absolute atomic E-state index is 0.913. The van der Waals surface area contributed by atoms with Crippen molar-refractivity contribution in [2.45, 2.75) is 13.3 Å². The maximum absolute atomic E-state index is 5.13. The molecule has 0 spiro atoms. The summed E-state index contributed by atoms with van der Waals surface area (Å²) in [6.07, 6.45) is 2.94. The van der Waals surface area contributed by atoms with Crippen molar-refractivity contribution in [3.05, 3.63) is 35.4 Å². The van der Waals surface area contributed by atoms with Crippen molar-refractivity contribution >= 4 is 28.2 Å². The largest absolute Gasteiger partial charge is 0.122 e. The summed E-state index contributed by atoms with van der Waals surface area (Å²) in [5.41, 5.74) is 2.61. The monoisotopic (exact) mass is 196 g/mol. The molecule has 0 saturated carbocycles. The fourth-order valence-electron chi connectivity index (χ4n) is 0.945. The van der Waals surface area contributed by atoms with Gasteiger partial charge in [-0.15, -0.1) is 11.8 Å². The van der Waals surface area contributed by atoms with Gasteiger partial charge >= 0.3 is 0 Å². The van der Waals surface area contributed by atoms with Gasteiger partial charge in [0, 0.05) is 6.42 Å². The Morgan fingerprint density at radius 3 is 2.42 bits per heavy atom. The Balaban J connectivity index is 2.64. The highest BCUT2D eigenvalue weighted by Crippen LogP contribution is 2.09. The molecule has 64 valence electrons. The first-order chi connectivity index (χ1) is 5.72. The van der Waals surface area contributed by atoms with E-state index in [9.17, 15) is 0 Å². The first kappa shape index (κ1) is 9.75. The second-order valence-electron chi connectivity index (χ2n) is 2.74. The van der Waals surface area contributed by atoms with Crippen LogP contribution in [0.25, 0.3) is 0 Å². The lowest BCUT2D eigenvalue weighted by Crippen LogP contribution is -1.93. The third kappa shape index (κ3) is 2.95. The maximum atomic E-state index is 5.13. The minimum Gasteiger partial charge on any atom is -0.122 e. The second-order valence-corrected chi connectivity index (χ2v) is 4.39. The van der Waals surface area contributed by atoms with Crippen molar-refractivity contribution in [2.24, 2.45) is 0 Å². The molecular weight excluding hydrogens is 184 g/mol. The summed E-state index contributed by atoms with van der Waals surface area (Å²) in [7, 11) is 0. The number of thiocarbonyl (C=S) groups is 1. The number of hydrogen-bond donors (Lipinski definition) is 0. The van der Waals surface area contributed by atoms with Crippen LogP contribution < -0.4 is 0 Å². The lowest BCUT2D eigenvalue weighted by Gasteiger charge is -2.00. The number of aryl methyl sites for hydroxylation is 1. The fraction of sp³-hybridized carbons (Fsp3) is 0.300. The molecule has 12 heavy (non-hydrogen) atoms. The number of rotatable bonds is 2. The van der Waals surface area contributed by atoms with E-state index in [-0.39, 0.29) is 0 Å². The van der Waals surface area contributed by atoms with Crippen LogP contribution in [-0.4, -0.2) is 10.5 Å². The molecule has 0 radical (unpaired) electrons. The van der Waals surface area contributed by atoms with E-state index in [0.29, 0.717) is 0 Å². The molecule has 0 N–H and O–H groups in total. The molecule has 0 unspecified atom stereocenters. The van der Waals surface area contributed by atoms with Crippen LogP contribution in [0, 0.1) is 6.92 Å². The van der Waals surface area contributed by atoms with Crippen LogP contribution in [-0.2, 0) is 6.42 Å². The Kier molecular flexibility index (Phi) is 3.76. The van der Waals surface area contributed by atoms with E-state index >= 15 is 0 Å². The van der Waals surface area contributed by atoms with Gasteiger partial charge in [0.2, 0.25) is 0 Å². The van der Waals surface area contributed by atoms with Gasteiger partial charge in [-0.1, -0.05) is 42.0 Å². The zero-order valence-electron chi connectivity index (χ0n) is 7.33. The highest BCUT2D eigenvalue weighted by atomic mass is 32.2. The molecule has 0 amide bonds. The first-order valence-corrected chi connectivity index (χ1v) is 5.48. The minimum atomic E-state index is 0.913. The van der Waals surface area contributed by atoms with Gasteiger partial charge in [-0.3, -0.25) is 0 Å². The lowest BCUT2D eigenvalue weighted by atomic mass is 10.1. The normalized spacial score (nSPS) is 9.83. The van der Waals surface area contributed by atoms with Crippen LogP contribution in [0.4, 0.5) is 0 Å². The van der Waals surface area contributed by atoms with Crippen molar-refractivity contribution in [2.75, 3.05) is 6.26 Å². The zero-order chi connectivity index (χ0) is 8.97. The fourth-order valence-corrected chi connectivity index (χ4v) is 1.42. The predicted octanol–water partition coefficient (Wildman–Crippen LogP) is 3.23. The highest BCUT2D eigenvalue weighted by Gasteiger charge is 1.96. The van der Waals surface area contributed by atoms with Crippen molar-refractivity contribution in [3.63, 3.8) is 0 Å². The van der Waals surface area contributed by atoms with Gasteiger partial charge in [0.25, 0.3) is 0 Å². The van der Waals surface area contributed by atoms with E-state index in [1.807, 2.05) is 6.26 Å². The van der Waals surface area contributed by atoms with Gasteiger partial charge in [0.15, 0.2) is 0 Å². The summed E-state index contributed by atoms with van der Waals surface area (Å²) in [6.45, 7) is 2.09. The van der Waals surface area contributed by atoms with Gasteiger partial charge in [-0.25, -0.2) is 0 Å². The van der Waals surface area contributed by atoms with Gasteiger partial charge in [0.1, 0.15) is 0 Å². The molecule has 2 heteroatoms. The van der Waals surface area contributed by atoms with E-state index in [1.54, 1.807) is 11.8 Å². The molecule has 1 aromatic rings. The Hall–Kier alpha value is -0.340. The molecule has 0 aliphatic carbocycles. The zero-order valence-corrected chi connectivity index (χ0v) is 8.97. The average Bonchev–Trinajstić information content (AvgIpc) is 2.09. The van der Waals surface area contributed by atoms with Crippen molar-refractivity contribution < 1.29 is 0 Å². The van der Waals surface area contributed by atoms with Gasteiger partial charge in [0.05, 0.1) is 4.20 Å². The van der Waals surface area contributed by atoms with Crippen LogP contribution in [0.3, 0.4) is 0 Å². The SMILES string of the molecule is CSC(=S)Cc1ccc(C)cc1. The average molecular weight is 196 g/mol. The standard InChI is InChI=1S/C10H12S2/c1-8-3-5-9(6-4-8)7-10(11)12-2/h3-6H,7H2,1-2H3. The third-order valence-electron chi connectivity index (χ3n) is 1.70. The van der Waals surface area contributed by atoms with Crippen LogP contribution in [0.15, 0.2) is 24.3 Å². The molecule has 1 aromatic carbocycles. The van der Waals surface area contributed by atoms with E-state index in [4.69, 9.17) is 12.2 Å². The highest BCUT2D eigenvalue weighted by molar-refractivity contribution is 8.22. The van der Waals surface area contributed by atoms with Crippen molar-refractivity contribution in [3.8, 4) is 0 Å². The molecule has 0 atom stereocenters. The maximum Gasteiger partial charge on any atom is 0.0519 e. The molecule has 0 heterocycles. The van der Waals surface area contributed by atoms with Crippen LogP contribution >= 0.6 is 24.0 Å². The number of benzene rings is 1. The smallest absolute Gasteiger partial charge is 0.0519 e. The number of thioether (sulfide) groups is 1. The summed E-state index contributed by atoms with van der Waals surface area (Å²) in [4.78, 5) is 0. The van der Waals surface area contributed by atoms with Gasteiger partial charge in [-0.05, 0) is 18.7 Å². The Morgan fingerprint density at radius 2 is 1.92 bits per heavy atom. The predicted molar refractivity (Wildman–Crippen MR) is 61.0 cm³/mol. The summed E-state index contributed by atoms with van der Waals surface area (Å²) in [5, 5.41) is 0. The molecule has 0 aliphatic rings. The topological polar surface area (TPSA) is 0 Å². The first-order valence-electron chi connectivity index (χ1n) is 3.84. The van der Waals surface area contributed by atoms with E-state index in [0.717, 1.165) is 10.6 Å². The summed E-state index contributed by atoms with van der Waals surface area (Å²) in [5.74, 6) is 0. The number of hydrogen-bond acceptors (Lipinski definition) is 2. The van der Waals surface area contributed by atoms with Crippen molar-refractivity contribution in [1.82, 2.24) is 0 Å². The van der Waals surface area contributed by atoms with E-state index in [2.05, 4.69) is 31.2 Å². The van der Waals surface area contributed by atoms with Gasteiger partial charge in [-0.2, -0.15) is 0 Å². The lowest BCUT2D eigenvalue weighted by molar-refractivity contribution is 1.34.